The van der Waals surface area contributed by atoms with Gasteiger partial charge in [0.25, 0.3) is 11.8 Å². The van der Waals surface area contributed by atoms with Gasteiger partial charge in [0.2, 0.25) is 0 Å². The van der Waals surface area contributed by atoms with Crippen LogP contribution in [0.4, 0.5) is 0 Å². The van der Waals surface area contributed by atoms with Crippen LogP contribution in [-0.2, 0) is 9.53 Å². The van der Waals surface area contributed by atoms with E-state index >= 15 is 0 Å². The van der Waals surface area contributed by atoms with Gasteiger partial charge in [-0.15, -0.1) is 0 Å². The lowest BCUT2D eigenvalue weighted by atomic mass is 10.0. The smallest absolute Gasteiger partial charge is 0.308 e. The molecule has 0 bridgehead atoms. The Hall–Kier alpha value is -3.48. The molecule has 4 rings (SSSR count). The molecule has 0 radical (unpaired) electrons. The summed E-state index contributed by atoms with van der Waals surface area (Å²) in [5.74, 6) is -2.35. The first-order valence-corrected chi connectivity index (χ1v) is 11.9. The second kappa shape index (κ2) is 10.8. The number of hydrogen-bond acceptors (Lipinski definition) is 4. The minimum atomic E-state index is -0.961. The molecule has 0 saturated carbocycles. The van der Waals surface area contributed by atoms with E-state index in [4.69, 9.17) is 16.3 Å². The topological polar surface area (TPSA) is 83.9 Å². The van der Waals surface area contributed by atoms with E-state index in [1.54, 1.807) is 24.3 Å². The van der Waals surface area contributed by atoms with E-state index in [1.165, 1.54) is 4.90 Å². The third-order valence-electron chi connectivity index (χ3n) is 6.27. The van der Waals surface area contributed by atoms with Crippen molar-refractivity contribution in [1.29, 1.82) is 0 Å². The maximum absolute atomic E-state index is 12.5. The highest BCUT2D eigenvalue weighted by atomic mass is 35.5. The molecule has 3 aromatic carbocycles. The van der Waals surface area contributed by atoms with Crippen LogP contribution in [0.15, 0.2) is 72.8 Å². The third-order valence-corrected chi connectivity index (χ3v) is 6.52. The quantitative estimate of drug-likeness (QED) is 0.359. The van der Waals surface area contributed by atoms with Crippen LogP contribution < -0.4 is 0 Å². The number of hydrogen-bond donors (Lipinski definition) is 1. The molecule has 1 aliphatic heterocycles. The molecule has 0 aromatic heterocycles. The summed E-state index contributed by atoms with van der Waals surface area (Å²) in [4.78, 5) is 37.9. The Balaban J connectivity index is 1.29. The van der Waals surface area contributed by atoms with Crippen molar-refractivity contribution in [1.82, 2.24) is 4.90 Å². The highest BCUT2D eigenvalue weighted by Crippen LogP contribution is 2.26. The Bertz CT molecular complexity index is 1190. The average Bonchev–Trinajstić information content (AvgIpc) is 3.11. The molecule has 3 aromatic rings. The molecule has 180 valence electrons. The lowest BCUT2D eigenvalue weighted by molar-refractivity contribution is -0.145. The first-order valence-electron chi connectivity index (χ1n) is 11.5. The lowest BCUT2D eigenvalue weighted by Crippen LogP contribution is -2.31. The van der Waals surface area contributed by atoms with Crippen LogP contribution in [0, 0.1) is 5.92 Å². The van der Waals surface area contributed by atoms with Crippen LogP contribution in [0.1, 0.15) is 52.1 Å². The van der Waals surface area contributed by atoms with E-state index in [-0.39, 0.29) is 31.1 Å². The number of imide groups is 1. The summed E-state index contributed by atoms with van der Waals surface area (Å²) in [6, 6.07) is 22.2. The molecule has 1 aliphatic rings. The zero-order valence-electron chi connectivity index (χ0n) is 19.3. The predicted molar refractivity (Wildman–Crippen MR) is 133 cm³/mol. The Labute approximate surface area is 209 Å². The van der Waals surface area contributed by atoms with Gasteiger partial charge in [-0.2, -0.15) is 0 Å². The van der Waals surface area contributed by atoms with E-state index < -0.39 is 11.9 Å². The molecule has 1 heterocycles. The third kappa shape index (κ3) is 5.61. The highest BCUT2D eigenvalue weighted by Gasteiger charge is 2.34. The summed E-state index contributed by atoms with van der Waals surface area (Å²) < 4.78 is 5.88. The summed E-state index contributed by atoms with van der Waals surface area (Å²) in [6.07, 6.45) is 0.397. The number of aliphatic carboxylic acids is 1. The van der Waals surface area contributed by atoms with Crippen molar-refractivity contribution in [2.75, 3.05) is 13.2 Å². The van der Waals surface area contributed by atoms with Crippen molar-refractivity contribution < 1.29 is 24.2 Å². The number of carboxylic acids is 1. The number of carboxylic acid groups (broad SMARTS) is 1. The Morgan fingerprint density at radius 2 is 1.46 bits per heavy atom. The van der Waals surface area contributed by atoms with Crippen molar-refractivity contribution in [3.05, 3.63) is 94.5 Å². The Morgan fingerprint density at radius 1 is 0.914 bits per heavy atom. The van der Waals surface area contributed by atoms with Gasteiger partial charge >= 0.3 is 5.97 Å². The number of rotatable bonds is 10. The monoisotopic (exact) mass is 491 g/mol. The molecule has 0 fully saturated rings. The fourth-order valence-corrected chi connectivity index (χ4v) is 4.29. The standard InChI is InChI=1S/C28H26ClNO5/c1-18(19-8-10-20(11-9-19)21-12-14-23(29)15-13-21)35-17-22(28(33)34)5-4-16-30-26(31)24-6-2-3-7-25(24)27(30)32/h2-3,6-15,18,22H,4-5,16-17H2,1H3,(H,33,34). The van der Waals surface area contributed by atoms with E-state index in [0.29, 0.717) is 29.0 Å². The van der Waals surface area contributed by atoms with Gasteiger partial charge in [-0.1, -0.05) is 60.1 Å². The van der Waals surface area contributed by atoms with Crippen LogP contribution in [0.25, 0.3) is 11.1 Å². The van der Waals surface area contributed by atoms with Crippen LogP contribution in [-0.4, -0.2) is 40.9 Å². The molecule has 6 nitrogen and oxygen atoms in total. The second-order valence-electron chi connectivity index (χ2n) is 8.59. The van der Waals surface area contributed by atoms with Gasteiger partial charge in [0.1, 0.15) is 0 Å². The van der Waals surface area contributed by atoms with Gasteiger partial charge in [0.05, 0.1) is 29.8 Å². The molecule has 2 atom stereocenters. The van der Waals surface area contributed by atoms with E-state index in [9.17, 15) is 19.5 Å². The first-order chi connectivity index (χ1) is 16.8. The maximum Gasteiger partial charge on any atom is 0.308 e. The Kier molecular flexibility index (Phi) is 7.63. The summed E-state index contributed by atoms with van der Waals surface area (Å²) in [5.41, 5.74) is 3.84. The lowest BCUT2D eigenvalue weighted by Gasteiger charge is -2.19. The molecule has 1 N–H and O–H groups in total. The molecule has 2 unspecified atom stereocenters. The van der Waals surface area contributed by atoms with Gasteiger partial charge < -0.3 is 9.84 Å². The zero-order chi connectivity index (χ0) is 24.9. The molecular weight excluding hydrogens is 466 g/mol. The molecular formula is C28H26ClNO5. The van der Waals surface area contributed by atoms with Crippen molar-refractivity contribution in [3.8, 4) is 11.1 Å². The molecule has 0 spiro atoms. The molecule has 0 saturated heterocycles. The van der Waals surface area contributed by atoms with Gasteiger partial charge in [-0.25, -0.2) is 0 Å². The van der Waals surface area contributed by atoms with Gasteiger partial charge in [-0.3, -0.25) is 19.3 Å². The van der Waals surface area contributed by atoms with Crippen molar-refractivity contribution in [2.24, 2.45) is 5.92 Å². The van der Waals surface area contributed by atoms with E-state index in [2.05, 4.69) is 0 Å². The number of carbonyl (C=O) groups is 3. The van der Waals surface area contributed by atoms with Crippen LogP contribution in [0.5, 0.6) is 0 Å². The molecule has 2 amide bonds. The molecule has 35 heavy (non-hydrogen) atoms. The Morgan fingerprint density at radius 3 is 2.00 bits per heavy atom. The fourth-order valence-electron chi connectivity index (χ4n) is 4.16. The first kappa shape index (κ1) is 24.6. The zero-order valence-corrected chi connectivity index (χ0v) is 20.1. The number of halogens is 1. The second-order valence-corrected chi connectivity index (χ2v) is 9.03. The van der Waals surface area contributed by atoms with Gasteiger partial charge in [0, 0.05) is 11.6 Å². The van der Waals surface area contributed by atoms with Gasteiger partial charge in [0.15, 0.2) is 0 Å². The summed E-state index contributed by atoms with van der Waals surface area (Å²) in [6.45, 7) is 2.10. The number of carbonyl (C=O) groups excluding carboxylic acids is 2. The number of benzene rings is 3. The number of amides is 2. The largest absolute Gasteiger partial charge is 0.481 e. The minimum absolute atomic E-state index is 0.0392. The van der Waals surface area contributed by atoms with Crippen molar-refractivity contribution >= 4 is 29.4 Å². The molecule has 7 heteroatoms. The SMILES string of the molecule is CC(OCC(CCCN1C(=O)c2ccccc2C1=O)C(=O)O)c1ccc(-c2ccc(Cl)cc2)cc1. The fraction of sp³-hybridized carbons (Fsp3) is 0.250. The minimum Gasteiger partial charge on any atom is -0.481 e. The normalized spacial score (nSPS) is 14.6. The van der Waals surface area contributed by atoms with Crippen LogP contribution in [0.3, 0.4) is 0 Å². The van der Waals surface area contributed by atoms with Crippen LogP contribution >= 0.6 is 11.6 Å². The number of fused-ring (bicyclic) bond motifs is 1. The highest BCUT2D eigenvalue weighted by molar-refractivity contribution is 6.30. The van der Waals surface area contributed by atoms with E-state index in [0.717, 1.165) is 16.7 Å². The summed E-state index contributed by atoms with van der Waals surface area (Å²) in [7, 11) is 0. The number of nitrogens with zero attached hydrogens (tertiary/aromatic N) is 1. The summed E-state index contributed by atoms with van der Waals surface area (Å²) in [5, 5.41) is 10.3. The van der Waals surface area contributed by atoms with Crippen molar-refractivity contribution in [2.45, 2.75) is 25.9 Å². The van der Waals surface area contributed by atoms with Crippen molar-refractivity contribution in [3.63, 3.8) is 0 Å². The molecule has 0 aliphatic carbocycles. The number of ether oxygens (including phenoxy) is 1. The maximum atomic E-state index is 12.5. The predicted octanol–water partition coefficient (Wildman–Crippen LogP) is 5.86. The van der Waals surface area contributed by atoms with Gasteiger partial charge in [-0.05, 0) is 60.7 Å². The summed E-state index contributed by atoms with van der Waals surface area (Å²) >= 11 is 5.95. The average molecular weight is 492 g/mol. The van der Waals surface area contributed by atoms with Crippen LogP contribution in [0.2, 0.25) is 5.02 Å². The van der Waals surface area contributed by atoms with E-state index in [1.807, 2.05) is 55.5 Å².